The number of alkyl halides is 1. The van der Waals surface area contributed by atoms with Crippen LogP contribution >= 0.6 is 23.2 Å². The summed E-state index contributed by atoms with van der Waals surface area (Å²) in [7, 11) is 0. The number of ether oxygens (including phenoxy) is 1. The molecule has 118 valence electrons. The zero-order chi connectivity index (χ0) is 15.8. The Kier molecular flexibility index (Phi) is 3.95. The molecule has 2 bridgehead atoms. The Morgan fingerprint density at radius 2 is 1.59 bits per heavy atom. The third-order valence-electron chi connectivity index (χ3n) is 4.14. The van der Waals surface area contributed by atoms with E-state index in [1.54, 1.807) is 24.3 Å². The summed E-state index contributed by atoms with van der Waals surface area (Å²) >= 11 is 11.3. The number of carbonyl (C=O) groups is 2. The summed E-state index contributed by atoms with van der Waals surface area (Å²) in [4.78, 5) is 23.2. The van der Waals surface area contributed by atoms with Crippen molar-refractivity contribution in [2.45, 2.75) is 30.3 Å². The highest BCUT2D eigenvalue weighted by Gasteiger charge is 2.69. The molecule has 2 N–H and O–H groups in total. The molecule has 3 saturated carbocycles. The molecule has 2 amide bonds. The topological polar surface area (TPSA) is 67.4 Å². The average Bonchev–Trinajstić information content (AvgIpc) is 2.43. The van der Waals surface area contributed by atoms with Gasteiger partial charge in [0.25, 0.3) is 5.91 Å². The average molecular weight is 343 g/mol. The molecule has 1 aromatic carbocycles. The minimum atomic E-state index is -0.181. The van der Waals surface area contributed by atoms with Crippen molar-refractivity contribution in [3.63, 3.8) is 0 Å². The number of nitrogens with one attached hydrogen (secondary N) is 2. The molecule has 0 heterocycles. The van der Waals surface area contributed by atoms with E-state index in [9.17, 15) is 9.59 Å². The van der Waals surface area contributed by atoms with Crippen LogP contribution in [0.2, 0.25) is 5.02 Å². The highest BCUT2D eigenvalue weighted by atomic mass is 35.5. The monoisotopic (exact) mass is 342 g/mol. The third kappa shape index (κ3) is 3.01. The molecule has 0 unspecified atom stereocenters. The van der Waals surface area contributed by atoms with Crippen LogP contribution in [-0.2, 0) is 9.59 Å². The van der Waals surface area contributed by atoms with E-state index >= 15 is 0 Å². The number of hydrogen-bond donors (Lipinski definition) is 2. The summed E-state index contributed by atoms with van der Waals surface area (Å²) in [6.07, 6.45) is 2.28. The number of benzene rings is 1. The molecule has 0 saturated heterocycles. The Morgan fingerprint density at radius 3 is 2.14 bits per heavy atom. The van der Waals surface area contributed by atoms with E-state index in [4.69, 9.17) is 27.9 Å². The second kappa shape index (κ2) is 5.63. The standard InChI is InChI=1S/C15H16Cl2N2O3/c16-5-12(20)18-14-7-15(8-14,9-14)19-13(21)6-22-11-3-1-10(17)2-4-11/h1-4H,5-9H2,(H,18,20)(H,19,21). The summed E-state index contributed by atoms with van der Waals surface area (Å²) in [5.74, 6) is 0.248. The Morgan fingerprint density at radius 1 is 1.05 bits per heavy atom. The fraction of sp³-hybridized carbons (Fsp3) is 0.467. The van der Waals surface area contributed by atoms with Crippen LogP contribution in [0.15, 0.2) is 24.3 Å². The number of rotatable bonds is 6. The maximum atomic E-state index is 11.9. The van der Waals surface area contributed by atoms with Crippen molar-refractivity contribution >= 4 is 35.0 Å². The second-order valence-electron chi connectivity index (χ2n) is 6.06. The fourth-order valence-corrected chi connectivity index (χ4v) is 3.59. The molecule has 0 atom stereocenters. The maximum Gasteiger partial charge on any atom is 0.258 e. The fourth-order valence-electron chi connectivity index (χ4n) is 3.39. The molecule has 4 rings (SSSR count). The molecule has 5 nitrogen and oxygen atoms in total. The molecule has 7 heteroatoms. The van der Waals surface area contributed by atoms with Crippen LogP contribution in [0.4, 0.5) is 0 Å². The Hall–Kier alpha value is -1.46. The molecule has 1 aromatic rings. The van der Waals surface area contributed by atoms with Crippen molar-refractivity contribution < 1.29 is 14.3 Å². The summed E-state index contributed by atoms with van der Waals surface area (Å²) < 4.78 is 5.40. The van der Waals surface area contributed by atoms with Gasteiger partial charge in [-0.2, -0.15) is 0 Å². The molecule has 3 fully saturated rings. The van der Waals surface area contributed by atoms with Crippen LogP contribution in [-0.4, -0.2) is 35.4 Å². The van der Waals surface area contributed by atoms with Gasteiger partial charge in [0.2, 0.25) is 5.91 Å². The molecule has 0 radical (unpaired) electrons. The van der Waals surface area contributed by atoms with Gasteiger partial charge in [0.05, 0.1) is 0 Å². The van der Waals surface area contributed by atoms with Gasteiger partial charge in [-0.15, -0.1) is 11.6 Å². The third-order valence-corrected chi connectivity index (χ3v) is 4.64. The molecule has 3 aliphatic rings. The summed E-state index contributed by atoms with van der Waals surface area (Å²) in [6, 6.07) is 6.85. The van der Waals surface area contributed by atoms with Crippen molar-refractivity contribution in [2.75, 3.05) is 12.5 Å². The smallest absolute Gasteiger partial charge is 0.258 e. The molecule has 0 spiro atoms. The number of carbonyl (C=O) groups excluding carboxylic acids is 2. The zero-order valence-electron chi connectivity index (χ0n) is 11.8. The quantitative estimate of drug-likeness (QED) is 0.775. The molecule has 0 aromatic heterocycles. The van der Waals surface area contributed by atoms with Crippen molar-refractivity contribution in [3.8, 4) is 5.75 Å². The van der Waals surface area contributed by atoms with Crippen molar-refractivity contribution in [2.24, 2.45) is 0 Å². The Bertz CT molecular complexity index is 584. The SMILES string of the molecule is O=C(CCl)NC12CC(NC(=O)COc3ccc(Cl)cc3)(C1)C2. The van der Waals surface area contributed by atoms with Gasteiger partial charge >= 0.3 is 0 Å². The van der Waals surface area contributed by atoms with Gasteiger partial charge in [-0.3, -0.25) is 9.59 Å². The van der Waals surface area contributed by atoms with Gasteiger partial charge in [0, 0.05) is 16.1 Å². The van der Waals surface area contributed by atoms with Crippen LogP contribution in [0.3, 0.4) is 0 Å². The summed E-state index contributed by atoms with van der Waals surface area (Å²) in [6.45, 7) is -0.0373. The van der Waals surface area contributed by atoms with Crippen LogP contribution in [0.5, 0.6) is 5.75 Å². The van der Waals surface area contributed by atoms with E-state index in [0.29, 0.717) is 10.8 Å². The lowest BCUT2D eigenvalue weighted by atomic mass is 9.44. The van der Waals surface area contributed by atoms with Gasteiger partial charge in [0.1, 0.15) is 11.6 Å². The largest absolute Gasteiger partial charge is 0.484 e. The van der Waals surface area contributed by atoms with Gasteiger partial charge in [-0.25, -0.2) is 0 Å². The molecular weight excluding hydrogens is 327 g/mol. The first-order valence-electron chi connectivity index (χ1n) is 7.01. The van der Waals surface area contributed by atoms with E-state index in [-0.39, 0.29) is 35.4 Å². The van der Waals surface area contributed by atoms with Crippen LogP contribution in [0.25, 0.3) is 0 Å². The molecule has 0 aliphatic heterocycles. The van der Waals surface area contributed by atoms with Gasteiger partial charge in [-0.05, 0) is 43.5 Å². The Labute approximate surface area is 138 Å². The summed E-state index contributed by atoms with van der Waals surface area (Å²) in [5.41, 5.74) is -0.337. The molecule has 3 aliphatic carbocycles. The van der Waals surface area contributed by atoms with Crippen molar-refractivity contribution in [1.82, 2.24) is 10.6 Å². The van der Waals surface area contributed by atoms with Crippen LogP contribution in [0, 0.1) is 0 Å². The maximum absolute atomic E-state index is 11.9. The zero-order valence-corrected chi connectivity index (χ0v) is 13.3. The van der Waals surface area contributed by atoms with E-state index < -0.39 is 0 Å². The van der Waals surface area contributed by atoms with E-state index in [2.05, 4.69) is 10.6 Å². The lowest BCUT2D eigenvalue weighted by Crippen LogP contribution is -2.84. The van der Waals surface area contributed by atoms with Crippen molar-refractivity contribution in [3.05, 3.63) is 29.3 Å². The van der Waals surface area contributed by atoms with E-state index in [0.717, 1.165) is 19.3 Å². The minimum absolute atomic E-state index is 0.0317. The van der Waals surface area contributed by atoms with E-state index in [1.165, 1.54) is 0 Å². The van der Waals surface area contributed by atoms with E-state index in [1.807, 2.05) is 0 Å². The first-order chi connectivity index (χ1) is 10.4. The first-order valence-corrected chi connectivity index (χ1v) is 7.92. The van der Waals surface area contributed by atoms with Crippen LogP contribution in [0.1, 0.15) is 19.3 Å². The van der Waals surface area contributed by atoms with Crippen molar-refractivity contribution in [1.29, 1.82) is 0 Å². The summed E-state index contributed by atoms with van der Waals surface area (Å²) in [5, 5.41) is 6.51. The first kappa shape index (κ1) is 15.4. The number of halogens is 2. The highest BCUT2D eigenvalue weighted by Crippen LogP contribution is 2.60. The molecular formula is C15H16Cl2N2O3. The normalized spacial score (nSPS) is 28.1. The number of amides is 2. The molecule has 22 heavy (non-hydrogen) atoms. The van der Waals surface area contributed by atoms with Gasteiger partial charge in [0.15, 0.2) is 6.61 Å². The Balaban J connectivity index is 1.41. The predicted octanol–water partition coefficient (Wildman–Crippen LogP) is 1.87. The minimum Gasteiger partial charge on any atom is -0.484 e. The predicted molar refractivity (Wildman–Crippen MR) is 83.3 cm³/mol. The lowest BCUT2D eigenvalue weighted by Gasteiger charge is -2.70. The van der Waals surface area contributed by atoms with Crippen LogP contribution < -0.4 is 15.4 Å². The highest BCUT2D eigenvalue weighted by molar-refractivity contribution is 6.30. The second-order valence-corrected chi connectivity index (χ2v) is 6.77. The lowest BCUT2D eigenvalue weighted by molar-refractivity contribution is -0.149. The van der Waals surface area contributed by atoms with Gasteiger partial charge in [-0.1, -0.05) is 11.6 Å². The van der Waals surface area contributed by atoms with Gasteiger partial charge < -0.3 is 15.4 Å². The number of hydrogen-bond acceptors (Lipinski definition) is 3.